The highest BCUT2D eigenvalue weighted by Crippen LogP contribution is 2.39. The summed E-state index contributed by atoms with van der Waals surface area (Å²) in [6.07, 6.45) is 10.3. The van der Waals surface area contributed by atoms with E-state index in [1.165, 1.54) is 29.9 Å². The van der Waals surface area contributed by atoms with Crippen LogP contribution in [-0.4, -0.2) is 32.4 Å². The van der Waals surface area contributed by atoms with Crippen molar-refractivity contribution in [2.24, 2.45) is 0 Å². The van der Waals surface area contributed by atoms with E-state index in [-0.39, 0.29) is 29.8 Å². The van der Waals surface area contributed by atoms with Gasteiger partial charge in [0.2, 0.25) is 11.8 Å². The number of nitrogens with zero attached hydrogens (tertiary/aromatic N) is 3. The van der Waals surface area contributed by atoms with E-state index in [2.05, 4.69) is 20.6 Å². The lowest BCUT2D eigenvalue weighted by Gasteiger charge is -2.22. The van der Waals surface area contributed by atoms with Gasteiger partial charge in [-0.1, -0.05) is 19.3 Å². The molecule has 1 aliphatic rings. The van der Waals surface area contributed by atoms with Crippen LogP contribution in [0.25, 0.3) is 20.8 Å². The molecule has 0 radical (unpaired) electrons. The summed E-state index contributed by atoms with van der Waals surface area (Å²) in [5, 5.41) is 5.50. The molecule has 5 rings (SSSR count). The third-order valence-corrected chi connectivity index (χ3v) is 7.51. The molecule has 0 bridgehead atoms. The highest BCUT2D eigenvalue weighted by atomic mass is 32.1. The minimum atomic E-state index is -0.632. The Kier molecular flexibility index (Phi) is 7.45. The molecule has 3 heterocycles. The molecule has 2 N–H and O–H groups in total. The lowest BCUT2D eigenvalue weighted by molar-refractivity contribution is -0.127. The van der Waals surface area contributed by atoms with Gasteiger partial charge >= 0.3 is 0 Å². The third-order valence-electron chi connectivity index (χ3n) is 6.35. The maximum Gasteiger partial charge on any atom is 0.233 e. The van der Waals surface area contributed by atoms with Crippen molar-refractivity contribution in [2.75, 3.05) is 5.32 Å². The van der Waals surface area contributed by atoms with Crippen LogP contribution in [0, 0.1) is 5.82 Å². The van der Waals surface area contributed by atoms with Gasteiger partial charge in [0.15, 0.2) is 11.6 Å². The van der Waals surface area contributed by atoms with Crippen molar-refractivity contribution < 1.29 is 18.7 Å². The molecule has 1 fully saturated rings. The van der Waals surface area contributed by atoms with E-state index in [0.717, 1.165) is 53.0 Å². The predicted octanol–water partition coefficient (Wildman–Crippen LogP) is 5.89. The molecule has 192 valence electrons. The van der Waals surface area contributed by atoms with Crippen molar-refractivity contribution in [3.05, 3.63) is 54.9 Å². The van der Waals surface area contributed by atoms with Gasteiger partial charge < -0.3 is 19.9 Å². The zero-order valence-electron chi connectivity index (χ0n) is 20.5. The largest absolute Gasteiger partial charge is 0.453 e. The number of thiophene rings is 1. The Bertz CT molecular complexity index is 1430. The second-order valence-electron chi connectivity index (χ2n) is 9.10. The molecule has 0 aliphatic heterocycles. The van der Waals surface area contributed by atoms with Crippen molar-refractivity contribution in [1.29, 1.82) is 0 Å². The van der Waals surface area contributed by atoms with Crippen LogP contribution in [0.5, 0.6) is 11.5 Å². The molecule has 1 saturated carbocycles. The fourth-order valence-electron chi connectivity index (χ4n) is 4.44. The maximum atomic E-state index is 14.9. The summed E-state index contributed by atoms with van der Waals surface area (Å²) < 4.78 is 23.6. The van der Waals surface area contributed by atoms with Gasteiger partial charge in [-0.2, -0.15) is 0 Å². The van der Waals surface area contributed by atoms with Gasteiger partial charge in [0.05, 0.1) is 27.1 Å². The molecule has 0 saturated heterocycles. The number of hydrogen-bond acceptors (Lipinski definition) is 6. The topological polar surface area (TPSA) is 98.1 Å². The van der Waals surface area contributed by atoms with Crippen LogP contribution < -0.4 is 15.4 Å². The number of nitrogens with one attached hydrogen (secondary N) is 2. The molecule has 4 aromatic rings. The van der Waals surface area contributed by atoms with Gasteiger partial charge in [-0.3, -0.25) is 14.6 Å². The first kappa shape index (κ1) is 24.9. The quantitative estimate of drug-likeness (QED) is 0.282. The van der Waals surface area contributed by atoms with Gasteiger partial charge in [0, 0.05) is 42.8 Å². The number of imidazole rings is 1. The highest BCUT2D eigenvalue weighted by molar-refractivity contribution is 7.22. The third kappa shape index (κ3) is 5.96. The van der Waals surface area contributed by atoms with Gasteiger partial charge in [0.25, 0.3) is 0 Å². The number of carbonyl (C=O) groups is 2. The molecule has 10 heteroatoms. The summed E-state index contributed by atoms with van der Waals surface area (Å²) in [6.45, 7) is 2.87. The van der Waals surface area contributed by atoms with Crippen LogP contribution in [0.4, 0.5) is 10.1 Å². The molecular formula is C27H28FN5O3S. The first-order valence-corrected chi connectivity index (χ1v) is 13.3. The normalized spacial score (nSPS) is 14.0. The number of benzene rings is 1. The van der Waals surface area contributed by atoms with Crippen LogP contribution in [0.2, 0.25) is 0 Å². The predicted molar refractivity (Wildman–Crippen MR) is 141 cm³/mol. The second kappa shape index (κ2) is 11.1. The summed E-state index contributed by atoms with van der Waals surface area (Å²) in [5.41, 5.74) is 1.83. The van der Waals surface area contributed by atoms with E-state index in [9.17, 15) is 14.0 Å². The number of aryl methyl sites for hydroxylation is 1. The average Bonchev–Trinajstić information content (AvgIpc) is 3.54. The molecular weight excluding hydrogens is 493 g/mol. The maximum absolute atomic E-state index is 14.9. The second-order valence-corrected chi connectivity index (χ2v) is 10.2. The van der Waals surface area contributed by atoms with Gasteiger partial charge in [0.1, 0.15) is 12.2 Å². The Labute approximate surface area is 217 Å². The molecule has 8 nitrogen and oxygen atoms in total. The molecule has 1 aromatic carbocycles. The SMILES string of the molecule is CCn1cnc(-c2cc3nccc(Oc4ccc(NC(=O)CC(=O)NC5CCCCC5)cc4F)c3s2)c1. The Morgan fingerprint density at radius 2 is 1.95 bits per heavy atom. The van der Waals surface area contributed by atoms with Crippen LogP contribution in [0.15, 0.2) is 49.1 Å². The van der Waals surface area contributed by atoms with Gasteiger partial charge in [-0.25, -0.2) is 9.37 Å². The number of halogens is 1. The van der Waals surface area contributed by atoms with E-state index >= 15 is 0 Å². The number of pyridine rings is 1. The Balaban J connectivity index is 1.24. The smallest absolute Gasteiger partial charge is 0.233 e. The number of amides is 2. The summed E-state index contributed by atoms with van der Waals surface area (Å²) in [6, 6.07) is 7.95. The minimum absolute atomic E-state index is 0.0192. The molecule has 37 heavy (non-hydrogen) atoms. The number of fused-ring (bicyclic) bond motifs is 1. The first-order chi connectivity index (χ1) is 18.0. The number of aromatic nitrogens is 3. The lowest BCUT2D eigenvalue weighted by atomic mass is 9.95. The fraction of sp³-hybridized carbons (Fsp3) is 0.333. The van der Waals surface area contributed by atoms with Gasteiger partial charge in [-0.05, 0) is 38.0 Å². The molecule has 1 aliphatic carbocycles. The Morgan fingerprint density at radius 1 is 1.11 bits per heavy atom. The van der Waals surface area contributed by atoms with Crippen molar-refractivity contribution >= 4 is 39.1 Å². The number of ether oxygens (including phenoxy) is 1. The van der Waals surface area contributed by atoms with Crippen molar-refractivity contribution in [2.45, 2.75) is 58.0 Å². The van der Waals surface area contributed by atoms with Crippen LogP contribution in [0.1, 0.15) is 45.4 Å². The summed E-state index contributed by atoms with van der Waals surface area (Å²) in [7, 11) is 0. The number of hydrogen-bond donors (Lipinski definition) is 2. The minimum Gasteiger partial charge on any atom is -0.453 e. The van der Waals surface area contributed by atoms with E-state index in [4.69, 9.17) is 4.74 Å². The fourth-order valence-corrected chi connectivity index (χ4v) is 5.47. The zero-order chi connectivity index (χ0) is 25.8. The average molecular weight is 522 g/mol. The first-order valence-electron chi connectivity index (χ1n) is 12.5. The summed E-state index contributed by atoms with van der Waals surface area (Å²) in [5.74, 6) is -0.943. The van der Waals surface area contributed by atoms with Crippen LogP contribution >= 0.6 is 11.3 Å². The van der Waals surface area contributed by atoms with Crippen molar-refractivity contribution in [3.8, 4) is 22.1 Å². The standard InChI is InChI=1S/C27H28FN5O3S/c1-2-33-15-21(30-16-33)24-13-20-27(37-24)23(10-11-29-20)36-22-9-8-18(12-19(22)28)32-26(35)14-25(34)31-17-6-4-3-5-7-17/h8-13,15-17H,2-7,14H2,1H3,(H,31,34)(H,32,35). The van der Waals surface area contributed by atoms with Crippen molar-refractivity contribution in [1.82, 2.24) is 19.9 Å². The van der Waals surface area contributed by atoms with Gasteiger partial charge in [-0.15, -0.1) is 11.3 Å². The monoisotopic (exact) mass is 521 g/mol. The lowest BCUT2D eigenvalue weighted by Crippen LogP contribution is -2.37. The zero-order valence-corrected chi connectivity index (χ0v) is 21.3. The highest BCUT2D eigenvalue weighted by Gasteiger charge is 2.18. The summed E-state index contributed by atoms with van der Waals surface area (Å²) in [4.78, 5) is 34.3. The molecule has 0 spiro atoms. The van der Waals surface area contributed by atoms with E-state index in [1.807, 2.05) is 23.8 Å². The molecule has 2 amide bonds. The van der Waals surface area contributed by atoms with Crippen LogP contribution in [-0.2, 0) is 16.1 Å². The molecule has 0 atom stereocenters. The van der Waals surface area contributed by atoms with Crippen LogP contribution in [0.3, 0.4) is 0 Å². The Morgan fingerprint density at radius 3 is 2.70 bits per heavy atom. The molecule has 0 unspecified atom stereocenters. The number of anilines is 1. The number of rotatable bonds is 8. The van der Waals surface area contributed by atoms with E-state index in [0.29, 0.717) is 5.75 Å². The molecule has 3 aromatic heterocycles. The number of carbonyl (C=O) groups excluding carboxylic acids is 2. The Hall–Kier alpha value is -3.79. The van der Waals surface area contributed by atoms with Crippen molar-refractivity contribution in [3.63, 3.8) is 0 Å². The summed E-state index contributed by atoms with van der Waals surface area (Å²) >= 11 is 1.47. The van der Waals surface area contributed by atoms with E-state index in [1.54, 1.807) is 24.7 Å². The van der Waals surface area contributed by atoms with E-state index < -0.39 is 11.7 Å².